The van der Waals surface area contributed by atoms with Gasteiger partial charge in [-0.3, -0.25) is 0 Å². The summed E-state index contributed by atoms with van der Waals surface area (Å²) < 4.78 is 45.0. The number of carbonyl (C=O) groups excluding carboxylic acids is 1. The first kappa shape index (κ1) is 33.3. The first-order valence-corrected chi connectivity index (χ1v) is 19.1. The number of carbonyl (C=O) groups is 1. The summed E-state index contributed by atoms with van der Waals surface area (Å²) in [5, 5.41) is 0.154. The zero-order chi connectivity index (χ0) is 33.5. The van der Waals surface area contributed by atoms with Crippen molar-refractivity contribution in [3.05, 3.63) is 76.6 Å². The molecule has 1 aliphatic heterocycles. The van der Waals surface area contributed by atoms with Gasteiger partial charge in [-0.05, 0) is 117 Å². The zero-order valence-electron chi connectivity index (χ0n) is 27.6. The van der Waals surface area contributed by atoms with E-state index in [9.17, 15) is 13.2 Å². The molecule has 2 aromatic carbocycles. The van der Waals surface area contributed by atoms with Gasteiger partial charge in [0.1, 0.15) is 5.75 Å². The van der Waals surface area contributed by atoms with E-state index in [-0.39, 0.29) is 28.6 Å². The summed E-state index contributed by atoms with van der Waals surface area (Å²) in [5.74, 6) is 1.15. The molecule has 6 atom stereocenters. The lowest BCUT2D eigenvalue weighted by Gasteiger charge is -2.48. The third-order valence-electron chi connectivity index (χ3n) is 11.5. The molecule has 4 aliphatic rings. The predicted molar refractivity (Wildman–Crippen MR) is 184 cm³/mol. The van der Waals surface area contributed by atoms with Crippen molar-refractivity contribution >= 4 is 33.1 Å². The number of sulfone groups is 1. The molecule has 3 aliphatic carbocycles. The van der Waals surface area contributed by atoms with Crippen molar-refractivity contribution in [1.29, 1.82) is 0 Å². The Kier molecular flexibility index (Phi) is 9.43. The lowest BCUT2D eigenvalue weighted by Crippen LogP contribution is -2.51. The molecule has 1 spiro atoms. The van der Waals surface area contributed by atoms with Crippen LogP contribution in [0.1, 0.15) is 72.9 Å². The summed E-state index contributed by atoms with van der Waals surface area (Å²) in [7, 11) is -0.452. The van der Waals surface area contributed by atoms with Crippen LogP contribution in [0.15, 0.2) is 60.0 Å². The van der Waals surface area contributed by atoms with Gasteiger partial charge in [-0.1, -0.05) is 24.1 Å². The number of methoxy groups -OCH3 is 2. The van der Waals surface area contributed by atoms with Crippen molar-refractivity contribution < 1.29 is 27.4 Å². The van der Waals surface area contributed by atoms with E-state index in [0.717, 1.165) is 74.5 Å². The zero-order valence-corrected chi connectivity index (χ0v) is 29.2. The molecule has 256 valence electrons. The molecule has 0 radical (unpaired) electrons. The molecule has 0 saturated heterocycles. The SMILES string of the molecule is COC(=O)c1ccc2c(c1)N(C[C@@H]1CC[C@H]1C(OC)[C@@H]1CCC[C@H](S(=O)(=O)c3ncccn3)C1)C[C@@]1(CCCc3cc(Cl)ccc31)CO2. The fourth-order valence-corrected chi connectivity index (χ4v) is 10.8. The quantitative estimate of drug-likeness (QED) is 0.194. The van der Waals surface area contributed by atoms with Gasteiger partial charge in [0, 0.05) is 43.0 Å². The number of benzene rings is 2. The first-order valence-electron chi connectivity index (χ1n) is 17.1. The van der Waals surface area contributed by atoms with Crippen LogP contribution in [0.2, 0.25) is 5.02 Å². The molecule has 11 heteroatoms. The highest BCUT2D eigenvalue weighted by atomic mass is 35.5. The number of hydrogen-bond donors (Lipinski definition) is 0. The third kappa shape index (κ3) is 6.20. The van der Waals surface area contributed by atoms with E-state index in [1.807, 2.05) is 18.2 Å². The smallest absolute Gasteiger partial charge is 0.337 e. The number of ether oxygens (including phenoxy) is 3. The molecule has 0 N–H and O–H groups in total. The van der Waals surface area contributed by atoms with Crippen molar-refractivity contribution in [2.24, 2.45) is 17.8 Å². The van der Waals surface area contributed by atoms with Crippen LogP contribution in [-0.4, -0.2) is 69.6 Å². The summed E-state index contributed by atoms with van der Waals surface area (Å²) in [4.78, 5) is 23.2. The second-order valence-electron chi connectivity index (χ2n) is 14.1. The molecule has 0 amide bonds. The molecule has 9 nitrogen and oxygen atoms in total. The summed E-state index contributed by atoms with van der Waals surface area (Å²) in [6.07, 6.45) is 11.0. The summed E-state index contributed by atoms with van der Waals surface area (Å²) in [5.41, 5.74) is 3.74. The van der Waals surface area contributed by atoms with Gasteiger partial charge in [-0.2, -0.15) is 0 Å². The number of fused-ring (bicyclic) bond motifs is 3. The highest BCUT2D eigenvalue weighted by Crippen LogP contribution is 2.48. The summed E-state index contributed by atoms with van der Waals surface area (Å²) >= 11 is 6.45. The first-order chi connectivity index (χ1) is 23.2. The van der Waals surface area contributed by atoms with Crippen molar-refractivity contribution in [1.82, 2.24) is 9.97 Å². The van der Waals surface area contributed by atoms with E-state index in [0.29, 0.717) is 36.8 Å². The van der Waals surface area contributed by atoms with Gasteiger partial charge in [0.05, 0.1) is 36.3 Å². The highest BCUT2D eigenvalue weighted by Gasteiger charge is 2.47. The maximum Gasteiger partial charge on any atom is 0.337 e. The third-order valence-corrected chi connectivity index (χ3v) is 13.7. The van der Waals surface area contributed by atoms with Gasteiger partial charge in [0.2, 0.25) is 15.0 Å². The number of nitrogens with zero attached hydrogens (tertiary/aromatic N) is 3. The van der Waals surface area contributed by atoms with Crippen molar-refractivity contribution in [2.75, 3.05) is 38.8 Å². The fraction of sp³-hybridized carbons (Fsp3) is 0.541. The molecule has 2 heterocycles. The number of anilines is 1. The van der Waals surface area contributed by atoms with Crippen LogP contribution in [0, 0.1) is 17.8 Å². The lowest BCUT2D eigenvalue weighted by molar-refractivity contribution is -0.0589. The minimum absolute atomic E-state index is 0.0472. The fourth-order valence-electron chi connectivity index (χ4n) is 8.96. The molecular weight excluding hydrogens is 650 g/mol. The van der Waals surface area contributed by atoms with E-state index in [4.69, 9.17) is 25.8 Å². The second kappa shape index (κ2) is 13.6. The van der Waals surface area contributed by atoms with E-state index in [1.165, 1.54) is 30.6 Å². The maximum absolute atomic E-state index is 13.5. The number of aryl methyl sites for hydroxylation is 1. The van der Waals surface area contributed by atoms with Crippen molar-refractivity contribution in [2.45, 2.75) is 79.7 Å². The largest absolute Gasteiger partial charge is 0.490 e. The molecule has 48 heavy (non-hydrogen) atoms. The second-order valence-corrected chi connectivity index (χ2v) is 16.7. The van der Waals surface area contributed by atoms with Crippen LogP contribution in [0.3, 0.4) is 0 Å². The monoisotopic (exact) mass is 693 g/mol. The Hall–Kier alpha value is -3.21. The minimum atomic E-state index is -3.63. The Morgan fingerprint density at radius 1 is 1.08 bits per heavy atom. The molecule has 7 rings (SSSR count). The number of halogens is 1. The number of esters is 1. The summed E-state index contributed by atoms with van der Waals surface area (Å²) in [6.45, 7) is 2.07. The molecule has 1 aromatic heterocycles. The van der Waals surface area contributed by atoms with Crippen LogP contribution in [0.4, 0.5) is 5.69 Å². The average molecular weight is 694 g/mol. The Bertz CT molecular complexity index is 1760. The standard InChI is InChI=1S/C37H44ClN3O6S/c1-45-34(25-6-3-8-29(19-25)48(43,44)36-39-16-5-17-40-36)30-12-9-27(30)21-41-22-37(15-4-7-24-18-28(38)11-13-31(24)37)23-47-33-14-10-26(20-32(33)41)35(42)46-2/h5,10-11,13-14,16-18,20,25,27,29-30,34H,3-4,6-9,12,15,19,21-23H2,1-2H3/t25-,27+,29+,30-,34?,37+/m1/s1. The van der Waals surface area contributed by atoms with Gasteiger partial charge in [-0.15, -0.1) is 0 Å². The minimum Gasteiger partial charge on any atom is -0.490 e. The van der Waals surface area contributed by atoms with E-state index in [2.05, 4.69) is 27.0 Å². The Labute approximate surface area is 288 Å². The number of aromatic nitrogens is 2. The highest BCUT2D eigenvalue weighted by molar-refractivity contribution is 7.91. The van der Waals surface area contributed by atoms with Crippen LogP contribution >= 0.6 is 11.6 Å². The van der Waals surface area contributed by atoms with Gasteiger partial charge >= 0.3 is 5.97 Å². The van der Waals surface area contributed by atoms with E-state index in [1.54, 1.807) is 19.2 Å². The molecule has 0 bridgehead atoms. The summed E-state index contributed by atoms with van der Waals surface area (Å²) in [6, 6.07) is 13.5. The van der Waals surface area contributed by atoms with Gasteiger partial charge in [0.15, 0.2) is 0 Å². The number of rotatable bonds is 8. The van der Waals surface area contributed by atoms with Crippen LogP contribution in [-0.2, 0) is 31.1 Å². The number of hydrogen-bond acceptors (Lipinski definition) is 9. The van der Waals surface area contributed by atoms with Gasteiger partial charge in [-0.25, -0.2) is 23.2 Å². The van der Waals surface area contributed by atoms with E-state index >= 15 is 0 Å². The maximum atomic E-state index is 13.5. The molecule has 1 unspecified atom stereocenters. The molecule has 2 fully saturated rings. The molecule has 3 aromatic rings. The molecular formula is C37H44ClN3O6S. The van der Waals surface area contributed by atoms with Gasteiger partial charge < -0.3 is 19.1 Å². The van der Waals surface area contributed by atoms with Crippen molar-refractivity contribution in [3.8, 4) is 5.75 Å². The van der Waals surface area contributed by atoms with E-state index < -0.39 is 15.1 Å². The topological polar surface area (TPSA) is 108 Å². The Morgan fingerprint density at radius 2 is 1.92 bits per heavy atom. The lowest BCUT2D eigenvalue weighted by atomic mass is 9.65. The normalized spacial score (nSPS) is 27.5. The average Bonchev–Trinajstić information content (AvgIpc) is 3.25. The van der Waals surface area contributed by atoms with Crippen LogP contribution in [0.25, 0.3) is 0 Å². The van der Waals surface area contributed by atoms with Gasteiger partial charge in [0.25, 0.3) is 0 Å². The van der Waals surface area contributed by atoms with Crippen LogP contribution in [0.5, 0.6) is 5.75 Å². The van der Waals surface area contributed by atoms with Crippen LogP contribution < -0.4 is 9.64 Å². The van der Waals surface area contributed by atoms with Crippen molar-refractivity contribution in [3.63, 3.8) is 0 Å². The Morgan fingerprint density at radius 3 is 2.67 bits per heavy atom. The molecule has 2 saturated carbocycles. The Balaban J connectivity index is 1.16. The predicted octanol–water partition coefficient (Wildman–Crippen LogP) is 6.46.